The number of pyridine rings is 1. The van der Waals surface area contributed by atoms with Crippen LogP contribution in [0, 0.1) is 0 Å². The van der Waals surface area contributed by atoms with E-state index in [1.54, 1.807) is 11.1 Å². The minimum atomic E-state index is -0.0581. The van der Waals surface area contributed by atoms with Gasteiger partial charge >= 0.3 is 0 Å². The molecule has 4 rings (SSSR count). The van der Waals surface area contributed by atoms with E-state index in [-0.39, 0.29) is 5.91 Å². The fraction of sp³-hybridized carbons (Fsp3) is 0.143. The van der Waals surface area contributed by atoms with Crippen LogP contribution in [0.15, 0.2) is 72.9 Å². The molecule has 0 radical (unpaired) electrons. The van der Waals surface area contributed by atoms with Gasteiger partial charge in [0.2, 0.25) is 0 Å². The van der Waals surface area contributed by atoms with Gasteiger partial charge in [0.05, 0.1) is 19.8 Å². The van der Waals surface area contributed by atoms with Gasteiger partial charge in [-0.05, 0) is 41.0 Å². The van der Waals surface area contributed by atoms with Crippen molar-refractivity contribution in [2.75, 3.05) is 4.90 Å². The first kappa shape index (κ1) is 15.5. The highest BCUT2D eigenvalue weighted by molar-refractivity contribution is 6.05. The zero-order chi connectivity index (χ0) is 17.1. The van der Waals surface area contributed by atoms with Crippen LogP contribution in [0.5, 0.6) is 0 Å². The molecule has 0 aliphatic carbocycles. The molecule has 1 aliphatic rings. The summed E-state index contributed by atoms with van der Waals surface area (Å²) in [4.78, 5) is 19.3. The third kappa shape index (κ3) is 3.30. The van der Waals surface area contributed by atoms with Crippen LogP contribution in [-0.2, 0) is 24.5 Å². The van der Waals surface area contributed by atoms with Crippen LogP contribution in [0.25, 0.3) is 0 Å². The van der Waals surface area contributed by atoms with Crippen LogP contribution in [0.3, 0.4) is 0 Å². The molecule has 0 fully saturated rings. The van der Waals surface area contributed by atoms with E-state index in [0.717, 1.165) is 16.7 Å². The Kier molecular flexibility index (Phi) is 4.27. The lowest BCUT2D eigenvalue weighted by molar-refractivity contribution is 0.0984. The summed E-state index contributed by atoms with van der Waals surface area (Å²) < 4.78 is 5.45. The van der Waals surface area contributed by atoms with Crippen LogP contribution < -0.4 is 4.90 Å². The monoisotopic (exact) mass is 330 g/mol. The molecule has 4 nitrogen and oxygen atoms in total. The summed E-state index contributed by atoms with van der Waals surface area (Å²) in [5.74, 6) is 0.588. The lowest BCUT2D eigenvalue weighted by Gasteiger charge is -2.22. The van der Waals surface area contributed by atoms with Crippen molar-refractivity contribution in [2.45, 2.75) is 19.8 Å². The van der Waals surface area contributed by atoms with Gasteiger partial charge in [-0.1, -0.05) is 42.5 Å². The first-order valence-electron chi connectivity index (χ1n) is 8.27. The zero-order valence-electron chi connectivity index (χ0n) is 13.8. The number of hydrogen-bond acceptors (Lipinski definition) is 3. The molecule has 0 spiro atoms. The van der Waals surface area contributed by atoms with Gasteiger partial charge in [-0.15, -0.1) is 0 Å². The van der Waals surface area contributed by atoms with Crippen LogP contribution in [0.2, 0.25) is 0 Å². The van der Waals surface area contributed by atoms with E-state index in [9.17, 15) is 4.79 Å². The highest BCUT2D eigenvalue weighted by Crippen LogP contribution is 2.23. The van der Waals surface area contributed by atoms with Gasteiger partial charge in [-0.3, -0.25) is 9.69 Å². The molecule has 0 atom stereocenters. The summed E-state index contributed by atoms with van der Waals surface area (Å²) >= 11 is 0. The second-order valence-electron chi connectivity index (χ2n) is 6.04. The molecule has 4 heteroatoms. The standard InChI is InChI=1S/C21H18N2O2/c24-21(17-9-10-18-14-25-15-19(18)12-17)23(20-8-4-5-11-22-20)13-16-6-2-1-3-7-16/h1-12H,13-15H2. The number of carbonyl (C=O) groups is 1. The Bertz CT molecular complexity index is 879. The highest BCUT2D eigenvalue weighted by atomic mass is 16.5. The summed E-state index contributed by atoms with van der Waals surface area (Å²) in [7, 11) is 0. The number of carbonyl (C=O) groups excluding carboxylic acids is 1. The van der Waals surface area contributed by atoms with Crippen molar-refractivity contribution in [3.05, 3.63) is 95.2 Å². The minimum absolute atomic E-state index is 0.0581. The highest BCUT2D eigenvalue weighted by Gasteiger charge is 2.21. The Morgan fingerprint density at radius 2 is 1.76 bits per heavy atom. The van der Waals surface area contributed by atoms with Crippen LogP contribution in [0.4, 0.5) is 5.82 Å². The molecule has 1 aromatic heterocycles. The molecule has 0 unspecified atom stereocenters. The fourth-order valence-corrected chi connectivity index (χ4v) is 3.00. The van der Waals surface area contributed by atoms with Crippen molar-refractivity contribution < 1.29 is 9.53 Å². The molecular weight excluding hydrogens is 312 g/mol. The van der Waals surface area contributed by atoms with E-state index < -0.39 is 0 Å². The van der Waals surface area contributed by atoms with Gasteiger partial charge < -0.3 is 4.74 Å². The Morgan fingerprint density at radius 3 is 2.56 bits per heavy atom. The number of hydrogen-bond donors (Lipinski definition) is 0. The number of amides is 1. The van der Waals surface area contributed by atoms with Crippen LogP contribution >= 0.6 is 0 Å². The number of aromatic nitrogens is 1. The van der Waals surface area contributed by atoms with E-state index in [4.69, 9.17) is 4.74 Å². The SMILES string of the molecule is O=C(c1ccc2c(c1)COC2)N(Cc1ccccc1)c1ccccn1. The van der Waals surface area contributed by atoms with Crippen molar-refractivity contribution in [1.82, 2.24) is 4.98 Å². The summed E-state index contributed by atoms with van der Waals surface area (Å²) in [5.41, 5.74) is 3.97. The maximum Gasteiger partial charge on any atom is 0.259 e. The fourth-order valence-electron chi connectivity index (χ4n) is 3.00. The molecule has 2 heterocycles. The maximum atomic E-state index is 13.2. The minimum Gasteiger partial charge on any atom is -0.372 e. The third-order valence-corrected chi connectivity index (χ3v) is 4.32. The van der Waals surface area contributed by atoms with Crippen molar-refractivity contribution in [2.24, 2.45) is 0 Å². The molecule has 3 aromatic rings. The Balaban J connectivity index is 1.68. The molecular formula is C21H18N2O2. The smallest absolute Gasteiger partial charge is 0.259 e. The average Bonchev–Trinajstić information content (AvgIpc) is 3.15. The van der Waals surface area contributed by atoms with Gasteiger partial charge in [0.15, 0.2) is 0 Å². The zero-order valence-corrected chi connectivity index (χ0v) is 13.8. The lowest BCUT2D eigenvalue weighted by Crippen LogP contribution is -2.31. The largest absolute Gasteiger partial charge is 0.372 e. The molecule has 2 aromatic carbocycles. The normalized spacial score (nSPS) is 12.6. The third-order valence-electron chi connectivity index (χ3n) is 4.32. The summed E-state index contributed by atoms with van der Waals surface area (Å²) in [6, 6.07) is 21.3. The molecule has 0 saturated heterocycles. The van der Waals surface area contributed by atoms with Gasteiger partial charge in [0, 0.05) is 11.8 Å². The Hall–Kier alpha value is -2.98. The average molecular weight is 330 g/mol. The van der Waals surface area contributed by atoms with Gasteiger partial charge in [0.25, 0.3) is 5.91 Å². The quantitative estimate of drug-likeness (QED) is 0.727. The summed E-state index contributed by atoms with van der Waals surface area (Å²) in [6.45, 7) is 1.67. The lowest BCUT2D eigenvalue weighted by atomic mass is 10.1. The number of fused-ring (bicyclic) bond motifs is 1. The second kappa shape index (κ2) is 6.87. The Labute approximate surface area is 146 Å². The predicted molar refractivity (Wildman–Crippen MR) is 96.1 cm³/mol. The van der Waals surface area contributed by atoms with E-state index in [1.807, 2.05) is 66.7 Å². The van der Waals surface area contributed by atoms with E-state index in [2.05, 4.69) is 4.98 Å². The van der Waals surface area contributed by atoms with Gasteiger partial charge in [0.1, 0.15) is 5.82 Å². The molecule has 0 saturated carbocycles. The van der Waals surface area contributed by atoms with E-state index in [1.165, 1.54) is 0 Å². The topological polar surface area (TPSA) is 42.4 Å². The predicted octanol–water partition coefficient (Wildman–Crippen LogP) is 3.96. The number of benzene rings is 2. The number of rotatable bonds is 4. The maximum absolute atomic E-state index is 13.2. The number of anilines is 1. The number of ether oxygens (including phenoxy) is 1. The van der Waals surface area contributed by atoms with E-state index in [0.29, 0.717) is 31.1 Å². The summed E-state index contributed by atoms with van der Waals surface area (Å²) in [6.07, 6.45) is 1.71. The molecule has 0 bridgehead atoms. The van der Waals surface area contributed by atoms with Gasteiger partial charge in [-0.25, -0.2) is 4.98 Å². The second-order valence-corrected chi connectivity index (χ2v) is 6.04. The molecule has 0 N–H and O–H groups in total. The first-order chi connectivity index (χ1) is 12.3. The summed E-state index contributed by atoms with van der Waals surface area (Å²) in [5, 5.41) is 0. The molecule has 25 heavy (non-hydrogen) atoms. The van der Waals surface area contributed by atoms with Crippen LogP contribution in [0.1, 0.15) is 27.0 Å². The molecule has 1 aliphatic heterocycles. The van der Waals surface area contributed by atoms with Gasteiger partial charge in [-0.2, -0.15) is 0 Å². The van der Waals surface area contributed by atoms with Crippen molar-refractivity contribution >= 4 is 11.7 Å². The number of nitrogens with zero attached hydrogens (tertiary/aromatic N) is 2. The van der Waals surface area contributed by atoms with Crippen molar-refractivity contribution in [1.29, 1.82) is 0 Å². The van der Waals surface area contributed by atoms with E-state index >= 15 is 0 Å². The first-order valence-corrected chi connectivity index (χ1v) is 8.27. The Morgan fingerprint density at radius 1 is 0.960 bits per heavy atom. The van der Waals surface area contributed by atoms with Crippen LogP contribution in [-0.4, -0.2) is 10.9 Å². The molecule has 124 valence electrons. The molecule has 1 amide bonds. The van der Waals surface area contributed by atoms with Crippen molar-refractivity contribution in [3.63, 3.8) is 0 Å². The van der Waals surface area contributed by atoms with Crippen molar-refractivity contribution in [3.8, 4) is 0 Å².